The van der Waals surface area contributed by atoms with Crippen molar-refractivity contribution in [3.8, 4) is 0 Å². The zero-order valence-electron chi connectivity index (χ0n) is 14.2. The number of amides is 1. The van der Waals surface area contributed by atoms with E-state index in [9.17, 15) is 14.9 Å². The molecule has 1 aliphatic heterocycles. The Balaban J connectivity index is 1.75. The van der Waals surface area contributed by atoms with E-state index in [1.807, 2.05) is 44.2 Å². The smallest absolute Gasteiger partial charge is 0.369 e. The molecule has 1 aliphatic rings. The second-order valence-corrected chi connectivity index (χ2v) is 6.66. The molecule has 1 atom stereocenters. The SMILES string of the molecule is CC1(C)CO[C@@H](c2ccccc2)CN1C(=O)Cn1ccc([N+](=O)[O-])n1. The molecular weight excluding hydrogens is 324 g/mol. The number of rotatable bonds is 4. The van der Waals surface area contributed by atoms with Crippen molar-refractivity contribution in [1.29, 1.82) is 0 Å². The van der Waals surface area contributed by atoms with Crippen LogP contribution in [-0.2, 0) is 16.1 Å². The predicted molar refractivity (Wildman–Crippen MR) is 89.8 cm³/mol. The molecule has 8 nitrogen and oxygen atoms in total. The Hall–Kier alpha value is -2.74. The lowest BCUT2D eigenvalue weighted by molar-refractivity contribution is -0.389. The average molecular weight is 344 g/mol. The zero-order valence-corrected chi connectivity index (χ0v) is 14.2. The lowest BCUT2D eigenvalue weighted by atomic mass is 9.98. The minimum atomic E-state index is -0.578. The maximum absolute atomic E-state index is 12.8. The van der Waals surface area contributed by atoms with Crippen molar-refractivity contribution in [3.63, 3.8) is 0 Å². The fourth-order valence-corrected chi connectivity index (χ4v) is 2.92. The minimum Gasteiger partial charge on any atom is -0.369 e. The number of morpholine rings is 1. The van der Waals surface area contributed by atoms with Crippen LogP contribution in [0.2, 0.25) is 0 Å². The maximum Gasteiger partial charge on any atom is 0.389 e. The summed E-state index contributed by atoms with van der Waals surface area (Å²) in [5, 5.41) is 14.5. The van der Waals surface area contributed by atoms with Gasteiger partial charge in [-0.2, -0.15) is 4.68 Å². The van der Waals surface area contributed by atoms with E-state index in [2.05, 4.69) is 5.10 Å². The van der Waals surface area contributed by atoms with Gasteiger partial charge in [-0.25, -0.2) is 0 Å². The number of carbonyl (C=O) groups is 1. The van der Waals surface area contributed by atoms with Crippen molar-refractivity contribution in [3.05, 3.63) is 58.3 Å². The monoisotopic (exact) mass is 344 g/mol. The number of aromatic nitrogens is 2. The maximum atomic E-state index is 12.8. The first kappa shape index (κ1) is 17.1. The Morgan fingerprint density at radius 1 is 1.36 bits per heavy atom. The summed E-state index contributed by atoms with van der Waals surface area (Å²) in [6, 6.07) is 11.0. The van der Waals surface area contributed by atoms with E-state index in [1.54, 1.807) is 4.90 Å². The molecule has 2 aromatic rings. The molecule has 0 bridgehead atoms. The van der Waals surface area contributed by atoms with Gasteiger partial charge in [-0.3, -0.25) is 4.79 Å². The lowest BCUT2D eigenvalue weighted by Gasteiger charge is -2.45. The van der Waals surface area contributed by atoms with E-state index < -0.39 is 10.5 Å². The molecule has 0 aliphatic carbocycles. The number of carbonyl (C=O) groups excluding carboxylic acids is 1. The molecule has 1 saturated heterocycles. The van der Waals surface area contributed by atoms with Crippen LogP contribution in [0.1, 0.15) is 25.5 Å². The van der Waals surface area contributed by atoms with Crippen molar-refractivity contribution in [1.82, 2.24) is 14.7 Å². The van der Waals surface area contributed by atoms with Gasteiger partial charge in [0.15, 0.2) is 0 Å². The summed E-state index contributed by atoms with van der Waals surface area (Å²) in [5.41, 5.74) is 0.562. The topological polar surface area (TPSA) is 90.5 Å². The average Bonchev–Trinajstić information content (AvgIpc) is 3.04. The van der Waals surface area contributed by atoms with E-state index in [1.165, 1.54) is 16.9 Å². The molecule has 3 rings (SSSR count). The molecule has 8 heteroatoms. The largest absolute Gasteiger partial charge is 0.389 e. The van der Waals surface area contributed by atoms with Crippen LogP contribution in [0.15, 0.2) is 42.6 Å². The van der Waals surface area contributed by atoms with Crippen LogP contribution in [0.3, 0.4) is 0 Å². The summed E-state index contributed by atoms with van der Waals surface area (Å²) >= 11 is 0. The predicted octanol–water partition coefficient (Wildman–Crippen LogP) is 2.17. The molecule has 132 valence electrons. The zero-order chi connectivity index (χ0) is 18.0. The molecule has 0 unspecified atom stereocenters. The van der Waals surface area contributed by atoms with Crippen LogP contribution in [0.4, 0.5) is 5.82 Å². The summed E-state index contributed by atoms with van der Waals surface area (Å²) in [4.78, 5) is 24.7. The summed E-state index contributed by atoms with van der Waals surface area (Å²) in [6.45, 7) is 4.69. The number of nitro groups is 1. The summed E-state index contributed by atoms with van der Waals surface area (Å²) in [6.07, 6.45) is 1.25. The third kappa shape index (κ3) is 3.69. The molecule has 25 heavy (non-hydrogen) atoms. The van der Waals surface area contributed by atoms with Crippen LogP contribution >= 0.6 is 0 Å². The molecule has 2 heterocycles. The molecule has 0 N–H and O–H groups in total. The normalized spacial score (nSPS) is 19.6. The van der Waals surface area contributed by atoms with Crippen LogP contribution in [0, 0.1) is 10.1 Å². The van der Waals surface area contributed by atoms with Gasteiger partial charge in [0.1, 0.15) is 12.6 Å². The number of benzene rings is 1. The summed E-state index contributed by atoms with van der Waals surface area (Å²) in [7, 11) is 0. The van der Waals surface area contributed by atoms with E-state index in [4.69, 9.17) is 4.74 Å². The molecule has 1 amide bonds. The molecule has 0 radical (unpaired) electrons. The van der Waals surface area contributed by atoms with Crippen molar-refractivity contribution in [2.45, 2.75) is 32.0 Å². The lowest BCUT2D eigenvalue weighted by Crippen LogP contribution is -2.57. The third-order valence-electron chi connectivity index (χ3n) is 4.30. The van der Waals surface area contributed by atoms with Gasteiger partial charge in [-0.05, 0) is 24.3 Å². The van der Waals surface area contributed by atoms with Crippen LogP contribution in [0.5, 0.6) is 0 Å². The van der Waals surface area contributed by atoms with Crippen LogP contribution in [0.25, 0.3) is 0 Å². The molecular formula is C17H20N4O4. The second-order valence-electron chi connectivity index (χ2n) is 6.66. The minimum absolute atomic E-state index is 0.0429. The fraction of sp³-hybridized carbons (Fsp3) is 0.412. The molecule has 1 aromatic heterocycles. The Bertz CT molecular complexity index is 772. The van der Waals surface area contributed by atoms with E-state index in [0.717, 1.165) is 5.56 Å². The van der Waals surface area contributed by atoms with Crippen LogP contribution < -0.4 is 0 Å². The second kappa shape index (κ2) is 6.64. The standard InChI is InChI=1S/C17H20N4O4/c1-17(2)12-25-14(13-6-4-3-5-7-13)10-20(17)16(22)11-19-9-8-15(18-19)21(23)24/h3-9,14H,10-12H2,1-2H3/t14-/m1/s1. The Kier molecular flexibility index (Phi) is 4.54. The summed E-state index contributed by atoms with van der Waals surface area (Å²) in [5.74, 6) is -0.413. The van der Waals surface area contributed by atoms with Gasteiger partial charge in [-0.1, -0.05) is 30.3 Å². The molecule has 0 saturated carbocycles. The summed E-state index contributed by atoms with van der Waals surface area (Å²) < 4.78 is 7.24. The number of nitrogens with zero attached hydrogens (tertiary/aromatic N) is 4. The van der Waals surface area contributed by atoms with Crippen LogP contribution in [-0.4, -0.2) is 44.2 Å². The fourth-order valence-electron chi connectivity index (χ4n) is 2.92. The molecule has 0 spiro atoms. The Labute approximate surface area is 145 Å². The quantitative estimate of drug-likeness (QED) is 0.626. The highest BCUT2D eigenvalue weighted by Crippen LogP contribution is 2.30. The highest BCUT2D eigenvalue weighted by molar-refractivity contribution is 5.77. The van der Waals surface area contributed by atoms with Crippen molar-refractivity contribution < 1.29 is 14.5 Å². The first-order valence-electron chi connectivity index (χ1n) is 8.02. The van der Waals surface area contributed by atoms with Crippen molar-refractivity contribution in [2.75, 3.05) is 13.2 Å². The van der Waals surface area contributed by atoms with Gasteiger partial charge in [-0.15, -0.1) is 0 Å². The van der Waals surface area contributed by atoms with Gasteiger partial charge >= 0.3 is 5.82 Å². The van der Waals surface area contributed by atoms with Gasteiger partial charge in [0.25, 0.3) is 0 Å². The van der Waals surface area contributed by atoms with Gasteiger partial charge < -0.3 is 19.8 Å². The number of ether oxygens (including phenoxy) is 1. The van der Waals surface area contributed by atoms with Crippen molar-refractivity contribution in [2.24, 2.45) is 0 Å². The number of hydrogen-bond donors (Lipinski definition) is 0. The van der Waals surface area contributed by atoms with E-state index >= 15 is 0 Å². The third-order valence-corrected chi connectivity index (χ3v) is 4.30. The highest BCUT2D eigenvalue weighted by Gasteiger charge is 2.38. The van der Waals surface area contributed by atoms with Gasteiger partial charge in [0.2, 0.25) is 5.91 Å². The first-order valence-corrected chi connectivity index (χ1v) is 8.02. The molecule has 1 fully saturated rings. The van der Waals surface area contributed by atoms with Gasteiger partial charge in [0.05, 0.1) is 36.1 Å². The highest BCUT2D eigenvalue weighted by atomic mass is 16.6. The van der Waals surface area contributed by atoms with E-state index in [-0.39, 0.29) is 24.4 Å². The van der Waals surface area contributed by atoms with Gasteiger partial charge in [0, 0.05) is 0 Å². The molecule has 1 aromatic carbocycles. The Morgan fingerprint density at radius 2 is 2.08 bits per heavy atom. The van der Waals surface area contributed by atoms with Crippen molar-refractivity contribution >= 4 is 11.7 Å². The first-order chi connectivity index (χ1) is 11.9. The number of hydrogen-bond acceptors (Lipinski definition) is 5. The Morgan fingerprint density at radius 3 is 2.72 bits per heavy atom. The van der Waals surface area contributed by atoms with E-state index in [0.29, 0.717) is 13.2 Å².